The molecule has 0 aliphatic carbocycles. The summed E-state index contributed by atoms with van der Waals surface area (Å²) in [6.45, 7) is 0.367. The molecular weight excluding hydrogens is 329 g/mol. The largest absolute Gasteiger partial charge is 0.487 e. The van der Waals surface area contributed by atoms with E-state index in [0.29, 0.717) is 11.4 Å². The smallest absolute Gasteiger partial charge is 0.241 e. The molecule has 134 valence electrons. The van der Waals surface area contributed by atoms with Gasteiger partial charge in [0.1, 0.15) is 30.4 Å². The van der Waals surface area contributed by atoms with Crippen LogP contribution in [-0.4, -0.2) is 52.3 Å². The number of amides is 2. The second-order valence-corrected chi connectivity index (χ2v) is 5.54. The third kappa shape index (κ3) is 6.21. The van der Waals surface area contributed by atoms with E-state index < -0.39 is 0 Å². The second kappa shape index (κ2) is 8.76. The van der Waals surface area contributed by atoms with Crippen LogP contribution in [0.1, 0.15) is 12.1 Å². The fourth-order valence-corrected chi connectivity index (χ4v) is 1.93. The van der Waals surface area contributed by atoms with Crippen molar-refractivity contribution in [2.75, 3.05) is 20.6 Å². The van der Waals surface area contributed by atoms with Crippen LogP contribution in [0.25, 0.3) is 0 Å². The first-order valence-electron chi connectivity index (χ1n) is 7.68. The highest BCUT2D eigenvalue weighted by molar-refractivity contribution is 5.78. The predicted molar refractivity (Wildman–Crippen MR) is 87.1 cm³/mol. The molecule has 0 atom stereocenters. The van der Waals surface area contributed by atoms with Crippen LogP contribution in [-0.2, 0) is 22.7 Å². The van der Waals surface area contributed by atoms with Crippen molar-refractivity contribution >= 4 is 11.8 Å². The van der Waals surface area contributed by atoms with E-state index in [1.165, 1.54) is 21.7 Å². The standard InChI is InChI=1S/C16H20FN5O3/c1-21(2)16(24)6-7-18-15(23)10-22-9-13(19-20-22)11-25-14-5-3-4-12(17)8-14/h3-5,8-9H,6-7,10-11H2,1-2H3,(H,18,23). The van der Waals surface area contributed by atoms with E-state index >= 15 is 0 Å². The molecule has 0 aliphatic heterocycles. The Bertz CT molecular complexity index is 732. The first-order chi connectivity index (χ1) is 11.9. The molecule has 8 nitrogen and oxygen atoms in total. The van der Waals surface area contributed by atoms with E-state index in [2.05, 4.69) is 15.6 Å². The number of ether oxygens (including phenoxy) is 1. The van der Waals surface area contributed by atoms with Crippen LogP contribution in [0.2, 0.25) is 0 Å². The van der Waals surface area contributed by atoms with Crippen molar-refractivity contribution in [2.24, 2.45) is 0 Å². The molecule has 9 heteroatoms. The van der Waals surface area contributed by atoms with E-state index in [1.54, 1.807) is 32.4 Å². The second-order valence-electron chi connectivity index (χ2n) is 5.54. The molecule has 0 bridgehead atoms. The lowest BCUT2D eigenvalue weighted by Crippen LogP contribution is -2.32. The Labute approximate surface area is 144 Å². The summed E-state index contributed by atoms with van der Waals surface area (Å²) >= 11 is 0. The van der Waals surface area contributed by atoms with Gasteiger partial charge < -0.3 is 15.0 Å². The maximum Gasteiger partial charge on any atom is 0.241 e. The fraction of sp³-hybridized carbons (Fsp3) is 0.375. The van der Waals surface area contributed by atoms with Gasteiger partial charge >= 0.3 is 0 Å². The molecule has 0 saturated heterocycles. The van der Waals surface area contributed by atoms with Crippen molar-refractivity contribution in [1.29, 1.82) is 0 Å². The Morgan fingerprint density at radius 3 is 2.88 bits per heavy atom. The summed E-state index contributed by atoms with van der Waals surface area (Å²) in [5, 5.41) is 10.4. The van der Waals surface area contributed by atoms with Gasteiger partial charge in [-0.1, -0.05) is 11.3 Å². The lowest BCUT2D eigenvalue weighted by atomic mass is 10.3. The third-order valence-electron chi connectivity index (χ3n) is 3.23. The molecule has 0 unspecified atom stereocenters. The number of aromatic nitrogens is 3. The van der Waals surface area contributed by atoms with Gasteiger partial charge in [-0.25, -0.2) is 9.07 Å². The molecule has 0 radical (unpaired) electrons. The van der Waals surface area contributed by atoms with Crippen molar-refractivity contribution in [1.82, 2.24) is 25.2 Å². The number of carbonyl (C=O) groups excluding carboxylic acids is 2. The number of carbonyl (C=O) groups is 2. The Morgan fingerprint density at radius 2 is 2.16 bits per heavy atom. The first-order valence-corrected chi connectivity index (χ1v) is 7.68. The van der Waals surface area contributed by atoms with Crippen LogP contribution in [0.3, 0.4) is 0 Å². The van der Waals surface area contributed by atoms with Crippen LogP contribution in [0.5, 0.6) is 5.75 Å². The summed E-state index contributed by atoms with van der Waals surface area (Å²) in [4.78, 5) is 24.7. The topological polar surface area (TPSA) is 89.4 Å². The van der Waals surface area contributed by atoms with E-state index in [9.17, 15) is 14.0 Å². The van der Waals surface area contributed by atoms with Gasteiger partial charge in [-0.15, -0.1) is 5.10 Å². The first kappa shape index (κ1) is 18.4. The van der Waals surface area contributed by atoms with Crippen molar-refractivity contribution in [3.63, 3.8) is 0 Å². The summed E-state index contributed by atoms with van der Waals surface area (Å²) in [6.07, 6.45) is 1.81. The normalized spacial score (nSPS) is 10.4. The molecular formula is C16H20FN5O3. The van der Waals surface area contributed by atoms with Gasteiger partial charge in [0.2, 0.25) is 11.8 Å². The molecule has 0 fully saturated rings. The van der Waals surface area contributed by atoms with Gasteiger partial charge in [-0.3, -0.25) is 9.59 Å². The summed E-state index contributed by atoms with van der Waals surface area (Å²) in [6, 6.07) is 5.78. The van der Waals surface area contributed by atoms with E-state index in [-0.39, 0.29) is 43.7 Å². The highest BCUT2D eigenvalue weighted by atomic mass is 19.1. The van der Waals surface area contributed by atoms with Gasteiger partial charge in [0.05, 0.1) is 6.20 Å². The quantitative estimate of drug-likeness (QED) is 0.753. The van der Waals surface area contributed by atoms with E-state index in [0.717, 1.165) is 0 Å². The lowest BCUT2D eigenvalue weighted by Gasteiger charge is -2.10. The van der Waals surface area contributed by atoms with Gasteiger partial charge in [-0.2, -0.15) is 0 Å². The van der Waals surface area contributed by atoms with Crippen LogP contribution < -0.4 is 10.1 Å². The zero-order valence-electron chi connectivity index (χ0n) is 14.1. The number of benzene rings is 1. The Kier molecular flexibility index (Phi) is 6.44. The number of hydrogen-bond donors (Lipinski definition) is 1. The fourth-order valence-electron chi connectivity index (χ4n) is 1.93. The van der Waals surface area contributed by atoms with Gasteiger partial charge in [0.15, 0.2) is 0 Å². The van der Waals surface area contributed by atoms with Gasteiger partial charge in [0.25, 0.3) is 0 Å². The summed E-state index contributed by atoms with van der Waals surface area (Å²) in [5.41, 5.74) is 0.514. The van der Waals surface area contributed by atoms with Crippen molar-refractivity contribution in [3.05, 3.63) is 42.0 Å². The summed E-state index contributed by atoms with van der Waals surface area (Å²) < 4.78 is 19.8. The maximum absolute atomic E-state index is 13.1. The van der Waals surface area contributed by atoms with Crippen LogP contribution in [0.15, 0.2) is 30.5 Å². The Hall–Kier alpha value is -2.97. The van der Waals surface area contributed by atoms with Gasteiger partial charge in [-0.05, 0) is 12.1 Å². The number of nitrogens with zero attached hydrogens (tertiary/aromatic N) is 4. The SMILES string of the molecule is CN(C)C(=O)CCNC(=O)Cn1cc(COc2cccc(F)c2)nn1. The number of rotatable bonds is 8. The zero-order valence-corrected chi connectivity index (χ0v) is 14.1. The molecule has 1 heterocycles. The van der Waals surface area contributed by atoms with E-state index in [4.69, 9.17) is 4.74 Å². The van der Waals surface area contributed by atoms with Crippen molar-refractivity contribution in [2.45, 2.75) is 19.6 Å². The van der Waals surface area contributed by atoms with Crippen LogP contribution in [0.4, 0.5) is 4.39 Å². The molecule has 0 saturated carbocycles. The molecule has 2 amide bonds. The summed E-state index contributed by atoms with van der Waals surface area (Å²) in [5.74, 6) is -0.324. The zero-order chi connectivity index (χ0) is 18.2. The molecule has 1 aromatic carbocycles. The lowest BCUT2D eigenvalue weighted by molar-refractivity contribution is -0.128. The van der Waals surface area contributed by atoms with Crippen LogP contribution >= 0.6 is 0 Å². The minimum absolute atomic E-state index is 0.0108. The van der Waals surface area contributed by atoms with E-state index in [1.807, 2.05) is 0 Å². The average molecular weight is 349 g/mol. The molecule has 1 aromatic heterocycles. The number of halogens is 1. The summed E-state index contributed by atoms with van der Waals surface area (Å²) in [7, 11) is 3.32. The highest BCUT2D eigenvalue weighted by Gasteiger charge is 2.08. The Morgan fingerprint density at radius 1 is 1.36 bits per heavy atom. The minimum Gasteiger partial charge on any atom is -0.487 e. The number of nitrogens with one attached hydrogen (secondary N) is 1. The molecule has 1 N–H and O–H groups in total. The highest BCUT2D eigenvalue weighted by Crippen LogP contribution is 2.13. The molecule has 0 aliphatic rings. The van der Waals surface area contributed by atoms with Gasteiger partial charge in [0, 0.05) is 33.1 Å². The number of hydrogen-bond acceptors (Lipinski definition) is 5. The molecule has 2 aromatic rings. The monoisotopic (exact) mass is 349 g/mol. The Balaban J connectivity index is 1.75. The van der Waals surface area contributed by atoms with Crippen molar-refractivity contribution < 1.29 is 18.7 Å². The average Bonchev–Trinajstić information content (AvgIpc) is 3.00. The third-order valence-corrected chi connectivity index (χ3v) is 3.23. The molecule has 25 heavy (non-hydrogen) atoms. The maximum atomic E-state index is 13.1. The van der Waals surface area contributed by atoms with Crippen molar-refractivity contribution in [3.8, 4) is 5.75 Å². The van der Waals surface area contributed by atoms with Crippen LogP contribution in [0, 0.1) is 5.82 Å². The molecule has 2 rings (SSSR count). The predicted octanol–water partition coefficient (Wildman–Crippen LogP) is 0.591. The minimum atomic E-state index is -0.384. The molecule has 0 spiro atoms.